The molecule has 1 saturated heterocycles. The van der Waals surface area contributed by atoms with Crippen molar-refractivity contribution in [3.8, 4) is 0 Å². The van der Waals surface area contributed by atoms with E-state index in [1.54, 1.807) is 6.07 Å². The van der Waals surface area contributed by atoms with Crippen LogP contribution in [0.4, 0.5) is 17.3 Å². The van der Waals surface area contributed by atoms with Crippen LogP contribution < -0.4 is 10.2 Å². The monoisotopic (exact) mass is 353 g/mol. The Kier molecular flexibility index (Phi) is 5.40. The molecule has 0 saturated carbocycles. The molecule has 6 nitrogen and oxygen atoms in total. The number of hydrogen-bond donors (Lipinski definition) is 1. The van der Waals surface area contributed by atoms with Crippen molar-refractivity contribution in [2.75, 3.05) is 37.4 Å². The molecule has 0 aliphatic carbocycles. The molecule has 2 heterocycles. The molecule has 1 N–H and O–H groups in total. The number of benzene rings is 1. The Bertz CT molecular complexity index is 772. The Balaban J connectivity index is 1.77. The molecule has 138 valence electrons. The van der Waals surface area contributed by atoms with Crippen molar-refractivity contribution in [2.45, 2.75) is 26.7 Å². The topological polar surface area (TPSA) is 61.4 Å². The molecule has 1 atom stereocenters. The lowest BCUT2D eigenvalue weighted by molar-refractivity contribution is 0.0677. The van der Waals surface area contributed by atoms with Crippen LogP contribution in [0.5, 0.6) is 0 Å². The van der Waals surface area contributed by atoms with E-state index in [2.05, 4.69) is 22.2 Å². The molecule has 0 spiro atoms. The van der Waals surface area contributed by atoms with Gasteiger partial charge in [0, 0.05) is 44.3 Å². The van der Waals surface area contributed by atoms with Gasteiger partial charge in [-0.05, 0) is 56.0 Å². The van der Waals surface area contributed by atoms with E-state index in [9.17, 15) is 4.79 Å². The molecule has 6 heteroatoms. The summed E-state index contributed by atoms with van der Waals surface area (Å²) in [7, 11) is 4.01. The lowest BCUT2D eigenvalue weighted by Gasteiger charge is -2.30. The van der Waals surface area contributed by atoms with Gasteiger partial charge in [0.05, 0.1) is 0 Å². The van der Waals surface area contributed by atoms with E-state index < -0.39 is 0 Å². The minimum atomic E-state index is -0.00643. The summed E-state index contributed by atoms with van der Waals surface area (Å²) in [5.74, 6) is 0.993. The molecule has 1 aliphatic rings. The van der Waals surface area contributed by atoms with E-state index in [0.717, 1.165) is 36.6 Å². The van der Waals surface area contributed by atoms with Crippen molar-refractivity contribution in [1.29, 1.82) is 0 Å². The van der Waals surface area contributed by atoms with Gasteiger partial charge >= 0.3 is 0 Å². The van der Waals surface area contributed by atoms with Crippen LogP contribution in [0.15, 0.2) is 30.3 Å². The maximum atomic E-state index is 12.8. The third-order valence-electron chi connectivity index (χ3n) is 4.66. The summed E-state index contributed by atoms with van der Waals surface area (Å²) in [5.41, 5.74) is 3.25. The van der Waals surface area contributed by atoms with E-state index in [0.29, 0.717) is 17.6 Å². The Morgan fingerprint density at radius 2 is 1.96 bits per heavy atom. The maximum absolute atomic E-state index is 12.8. The first-order valence-electron chi connectivity index (χ1n) is 9.12. The molecular weight excluding hydrogens is 326 g/mol. The molecule has 2 aromatic rings. The van der Waals surface area contributed by atoms with Crippen LogP contribution in [0.1, 0.15) is 35.9 Å². The van der Waals surface area contributed by atoms with Crippen LogP contribution in [0, 0.1) is 12.8 Å². The predicted octanol–water partition coefficient (Wildman–Crippen LogP) is 3.47. The third-order valence-corrected chi connectivity index (χ3v) is 4.66. The van der Waals surface area contributed by atoms with E-state index in [1.807, 2.05) is 55.1 Å². The molecule has 1 aromatic heterocycles. The van der Waals surface area contributed by atoms with Gasteiger partial charge in [-0.1, -0.05) is 6.92 Å². The van der Waals surface area contributed by atoms with Gasteiger partial charge in [-0.15, -0.1) is 0 Å². The Labute approximate surface area is 155 Å². The highest BCUT2D eigenvalue weighted by molar-refractivity contribution is 5.92. The number of nitrogens with zero attached hydrogens (tertiary/aromatic N) is 4. The molecule has 0 radical (unpaired) electrons. The zero-order valence-corrected chi connectivity index (χ0v) is 16.0. The second-order valence-corrected chi connectivity index (χ2v) is 7.28. The van der Waals surface area contributed by atoms with Crippen LogP contribution in [-0.2, 0) is 0 Å². The number of likely N-dealkylation sites (tertiary alicyclic amines) is 1. The number of nitrogens with one attached hydrogen (secondary N) is 1. The third kappa shape index (κ3) is 4.31. The van der Waals surface area contributed by atoms with Gasteiger partial charge < -0.3 is 15.1 Å². The number of carbonyl (C=O) groups excluding carboxylic acids is 1. The fourth-order valence-electron chi connectivity index (χ4n) is 3.24. The second-order valence-electron chi connectivity index (χ2n) is 7.28. The van der Waals surface area contributed by atoms with Crippen molar-refractivity contribution >= 4 is 23.2 Å². The van der Waals surface area contributed by atoms with Gasteiger partial charge in [-0.2, -0.15) is 0 Å². The molecule has 1 fully saturated rings. The largest absolute Gasteiger partial charge is 0.378 e. The normalized spacial score (nSPS) is 17.1. The highest BCUT2D eigenvalue weighted by Crippen LogP contribution is 2.20. The quantitative estimate of drug-likeness (QED) is 0.912. The summed E-state index contributed by atoms with van der Waals surface area (Å²) in [6.07, 6.45) is 2.24. The highest BCUT2D eigenvalue weighted by Gasteiger charge is 2.23. The fraction of sp³-hybridized carbons (Fsp3) is 0.450. The number of aromatic nitrogens is 2. The number of rotatable bonds is 4. The second kappa shape index (κ2) is 7.72. The SMILES string of the molecule is Cc1cc(C(=O)N2CCCC(C)C2)nc(Nc2ccc(N(C)C)cc2)n1. The predicted molar refractivity (Wildman–Crippen MR) is 105 cm³/mol. The molecule has 1 unspecified atom stereocenters. The highest BCUT2D eigenvalue weighted by atomic mass is 16.2. The number of anilines is 3. The summed E-state index contributed by atoms with van der Waals surface area (Å²) >= 11 is 0. The molecule has 1 amide bonds. The van der Waals surface area contributed by atoms with Crippen molar-refractivity contribution < 1.29 is 4.79 Å². The number of carbonyl (C=O) groups is 1. The molecule has 3 rings (SSSR count). The first-order chi connectivity index (χ1) is 12.4. The number of hydrogen-bond acceptors (Lipinski definition) is 5. The minimum Gasteiger partial charge on any atom is -0.378 e. The van der Waals surface area contributed by atoms with Crippen LogP contribution >= 0.6 is 0 Å². The number of piperidine rings is 1. The van der Waals surface area contributed by atoms with Crippen LogP contribution in [0.25, 0.3) is 0 Å². The van der Waals surface area contributed by atoms with Gasteiger partial charge in [-0.3, -0.25) is 4.79 Å². The van der Waals surface area contributed by atoms with Crippen molar-refractivity contribution in [3.63, 3.8) is 0 Å². The van der Waals surface area contributed by atoms with E-state index in [-0.39, 0.29) is 5.91 Å². The lowest BCUT2D eigenvalue weighted by atomic mass is 10.00. The molecule has 1 aromatic carbocycles. The smallest absolute Gasteiger partial charge is 0.272 e. The van der Waals surface area contributed by atoms with Gasteiger partial charge in [0.1, 0.15) is 5.69 Å². The summed E-state index contributed by atoms with van der Waals surface area (Å²) in [4.78, 5) is 25.7. The van der Waals surface area contributed by atoms with Crippen molar-refractivity contribution in [1.82, 2.24) is 14.9 Å². The van der Waals surface area contributed by atoms with Crippen molar-refractivity contribution in [3.05, 3.63) is 41.7 Å². The van der Waals surface area contributed by atoms with Crippen LogP contribution in [0.3, 0.4) is 0 Å². The number of aryl methyl sites for hydroxylation is 1. The summed E-state index contributed by atoms with van der Waals surface area (Å²) in [6, 6.07) is 9.78. The van der Waals surface area contributed by atoms with Gasteiger partial charge in [0.15, 0.2) is 0 Å². The summed E-state index contributed by atoms with van der Waals surface area (Å²) < 4.78 is 0. The molecular formula is C20H27N5O. The Morgan fingerprint density at radius 1 is 1.23 bits per heavy atom. The zero-order chi connectivity index (χ0) is 18.7. The average molecular weight is 353 g/mol. The fourth-order valence-corrected chi connectivity index (χ4v) is 3.24. The zero-order valence-electron chi connectivity index (χ0n) is 16.0. The first kappa shape index (κ1) is 18.2. The molecule has 26 heavy (non-hydrogen) atoms. The van der Waals surface area contributed by atoms with Crippen LogP contribution in [0.2, 0.25) is 0 Å². The Hall–Kier alpha value is -2.63. The van der Waals surface area contributed by atoms with E-state index in [4.69, 9.17) is 0 Å². The van der Waals surface area contributed by atoms with Crippen LogP contribution in [-0.4, -0.2) is 48.0 Å². The van der Waals surface area contributed by atoms with Gasteiger partial charge in [0.2, 0.25) is 5.95 Å². The van der Waals surface area contributed by atoms with Gasteiger partial charge in [-0.25, -0.2) is 9.97 Å². The standard InChI is InChI=1S/C20H27N5O/c1-14-6-5-11-25(13-14)19(26)18-12-15(2)21-20(23-18)22-16-7-9-17(10-8-16)24(3)4/h7-10,12,14H,5-6,11,13H2,1-4H3,(H,21,22,23). The van der Waals surface area contributed by atoms with Gasteiger partial charge in [0.25, 0.3) is 5.91 Å². The molecule has 1 aliphatic heterocycles. The van der Waals surface area contributed by atoms with Crippen molar-refractivity contribution in [2.24, 2.45) is 5.92 Å². The first-order valence-corrected chi connectivity index (χ1v) is 9.12. The van der Waals surface area contributed by atoms with E-state index >= 15 is 0 Å². The average Bonchev–Trinajstić information content (AvgIpc) is 2.61. The lowest BCUT2D eigenvalue weighted by Crippen LogP contribution is -2.39. The number of amides is 1. The summed E-state index contributed by atoms with van der Waals surface area (Å²) in [5, 5.41) is 3.21. The Morgan fingerprint density at radius 3 is 2.62 bits per heavy atom. The summed E-state index contributed by atoms with van der Waals surface area (Å²) in [6.45, 7) is 5.68. The minimum absolute atomic E-state index is 0.00643. The van der Waals surface area contributed by atoms with E-state index in [1.165, 1.54) is 6.42 Å². The maximum Gasteiger partial charge on any atom is 0.272 e. The molecule has 0 bridgehead atoms.